The van der Waals surface area contributed by atoms with Crippen LogP contribution in [0.25, 0.3) is 0 Å². The zero-order valence-corrected chi connectivity index (χ0v) is 15.4. The highest BCUT2D eigenvalue weighted by atomic mass is 32.1. The molecule has 0 radical (unpaired) electrons. The fourth-order valence-electron chi connectivity index (χ4n) is 2.44. The summed E-state index contributed by atoms with van der Waals surface area (Å²) in [5.74, 6) is 1.87. The maximum Gasteiger partial charge on any atom is 0.175 e. The van der Waals surface area contributed by atoms with Crippen LogP contribution >= 0.6 is 12.2 Å². The summed E-state index contributed by atoms with van der Waals surface area (Å²) in [4.78, 5) is 0. The van der Waals surface area contributed by atoms with Gasteiger partial charge in [0.15, 0.2) is 5.11 Å². The van der Waals surface area contributed by atoms with Gasteiger partial charge in [-0.15, -0.1) is 0 Å². The van der Waals surface area contributed by atoms with Crippen LogP contribution in [0.1, 0.15) is 31.7 Å². The molecule has 2 rings (SSSR count). The maximum atomic E-state index is 5.46. The first kappa shape index (κ1) is 18.1. The van der Waals surface area contributed by atoms with E-state index in [1.807, 2.05) is 30.3 Å². The average molecular weight is 344 g/mol. The minimum atomic E-state index is 0.465. The van der Waals surface area contributed by atoms with Gasteiger partial charge < -0.3 is 20.1 Å². The van der Waals surface area contributed by atoms with Crippen LogP contribution in [0.5, 0.6) is 11.5 Å². The van der Waals surface area contributed by atoms with Gasteiger partial charge in [-0.2, -0.15) is 0 Å². The van der Waals surface area contributed by atoms with Crippen molar-refractivity contribution < 1.29 is 9.47 Å². The highest BCUT2D eigenvalue weighted by Crippen LogP contribution is 2.30. The third-order valence-electron chi connectivity index (χ3n) is 4.01. The smallest absolute Gasteiger partial charge is 0.175 e. The molecule has 0 heterocycles. The largest absolute Gasteiger partial charge is 0.497 e. The quantitative estimate of drug-likeness (QED) is 0.720. The molecule has 0 aliphatic carbocycles. The van der Waals surface area contributed by atoms with E-state index in [4.69, 9.17) is 21.7 Å². The second kappa shape index (κ2) is 8.55. The molecule has 2 aromatic carbocycles. The lowest BCUT2D eigenvalue weighted by molar-refractivity contribution is 0.395. The molecule has 0 spiro atoms. The molecule has 4 nitrogen and oxygen atoms in total. The molecular weight excluding hydrogens is 320 g/mol. The normalized spacial score (nSPS) is 11.5. The first-order valence-electron chi connectivity index (χ1n) is 7.98. The summed E-state index contributed by atoms with van der Waals surface area (Å²) in [6.07, 6.45) is 1.07. The van der Waals surface area contributed by atoms with Crippen LogP contribution in [0, 0.1) is 0 Å². The highest BCUT2D eigenvalue weighted by molar-refractivity contribution is 7.80. The maximum absolute atomic E-state index is 5.46. The van der Waals surface area contributed by atoms with Crippen molar-refractivity contribution in [3.63, 3.8) is 0 Å². The number of nitrogens with one attached hydrogen (secondary N) is 2. The Labute approximate surface area is 149 Å². The van der Waals surface area contributed by atoms with E-state index >= 15 is 0 Å². The van der Waals surface area contributed by atoms with Gasteiger partial charge in [-0.05, 0) is 48.3 Å². The number of rotatable bonds is 6. The molecule has 0 aromatic heterocycles. The van der Waals surface area contributed by atoms with E-state index in [1.165, 1.54) is 5.56 Å². The predicted molar refractivity (Wildman–Crippen MR) is 105 cm³/mol. The molecule has 2 N–H and O–H groups in total. The Morgan fingerprint density at radius 1 is 1.04 bits per heavy atom. The van der Waals surface area contributed by atoms with Gasteiger partial charge in [0.05, 0.1) is 19.9 Å². The fraction of sp³-hybridized carbons (Fsp3) is 0.316. The molecule has 0 aliphatic rings. The summed E-state index contributed by atoms with van der Waals surface area (Å²) in [6.45, 7) is 4.39. The van der Waals surface area contributed by atoms with E-state index < -0.39 is 0 Å². The summed E-state index contributed by atoms with van der Waals surface area (Å²) in [5.41, 5.74) is 3.07. The monoisotopic (exact) mass is 344 g/mol. The van der Waals surface area contributed by atoms with Gasteiger partial charge in [0.2, 0.25) is 0 Å². The molecule has 2 aromatic rings. The number of anilines is 2. The van der Waals surface area contributed by atoms with Crippen molar-refractivity contribution in [3.05, 3.63) is 48.0 Å². The predicted octanol–water partition coefficient (Wildman–Crippen LogP) is 5.03. The van der Waals surface area contributed by atoms with Crippen LogP contribution in [0.4, 0.5) is 11.4 Å². The molecular formula is C19H24N2O2S. The van der Waals surface area contributed by atoms with Gasteiger partial charge >= 0.3 is 0 Å². The van der Waals surface area contributed by atoms with E-state index in [-0.39, 0.29) is 0 Å². The van der Waals surface area contributed by atoms with Gasteiger partial charge in [-0.25, -0.2) is 0 Å². The van der Waals surface area contributed by atoms with Crippen molar-refractivity contribution >= 4 is 28.7 Å². The Morgan fingerprint density at radius 2 is 1.75 bits per heavy atom. The number of para-hydroxylation sites is 1. The van der Waals surface area contributed by atoms with E-state index in [9.17, 15) is 0 Å². The topological polar surface area (TPSA) is 42.5 Å². The minimum absolute atomic E-state index is 0.465. The Bertz CT molecular complexity index is 704. The van der Waals surface area contributed by atoms with Crippen LogP contribution in [0.2, 0.25) is 0 Å². The lowest BCUT2D eigenvalue weighted by Gasteiger charge is -2.18. The SMILES string of the molecule is CCC(C)c1ccccc1NC(=S)Nc1ccc(OC)cc1OC. The Morgan fingerprint density at radius 3 is 2.42 bits per heavy atom. The number of hydrogen-bond donors (Lipinski definition) is 2. The zero-order valence-electron chi connectivity index (χ0n) is 14.6. The fourth-order valence-corrected chi connectivity index (χ4v) is 2.66. The molecule has 1 unspecified atom stereocenters. The molecule has 128 valence electrons. The average Bonchev–Trinajstić information content (AvgIpc) is 2.61. The summed E-state index contributed by atoms with van der Waals surface area (Å²) >= 11 is 5.46. The van der Waals surface area contributed by atoms with Gasteiger partial charge in [0, 0.05) is 11.8 Å². The van der Waals surface area contributed by atoms with Crippen LogP contribution < -0.4 is 20.1 Å². The lowest BCUT2D eigenvalue weighted by atomic mass is 9.97. The molecule has 0 fully saturated rings. The van der Waals surface area contributed by atoms with Crippen molar-refractivity contribution in [1.29, 1.82) is 0 Å². The lowest BCUT2D eigenvalue weighted by Crippen LogP contribution is -2.20. The van der Waals surface area contributed by atoms with Crippen molar-refractivity contribution in [2.45, 2.75) is 26.2 Å². The standard InChI is InChI=1S/C19H24N2O2S/c1-5-13(2)15-8-6-7-9-16(15)20-19(24)21-17-11-10-14(22-3)12-18(17)23-4/h6-13H,5H2,1-4H3,(H2,20,21,24). The second-order valence-corrected chi connectivity index (χ2v) is 5.95. The third kappa shape index (κ3) is 4.38. The van der Waals surface area contributed by atoms with Crippen LogP contribution in [0.15, 0.2) is 42.5 Å². The Hall–Kier alpha value is -2.27. The van der Waals surface area contributed by atoms with Gasteiger partial charge in [-0.1, -0.05) is 32.0 Å². The summed E-state index contributed by atoms with van der Waals surface area (Å²) < 4.78 is 10.6. The van der Waals surface area contributed by atoms with Crippen molar-refractivity contribution in [2.75, 3.05) is 24.9 Å². The Kier molecular flexibility index (Phi) is 6.44. The first-order chi connectivity index (χ1) is 11.6. The van der Waals surface area contributed by atoms with E-state index in [0.29, 0.717) is 16.8 Å². The second-order valence-electron chi connectivity index (χ2n) is 5.54. The molecule has 0 saturated carbocycles. The molecule has 0 saturated heterocycles. The highest BCUT2D eigenvalue weighted by Gasteiger charge is 2.11. The Balaban J connectivity index is 2.15. The van der Waals surface area contributed by atoms with Crippen molar-refractivity contribution in [1.82, 2.24) is 0 Å². The van der Waals surface area contributed by atoms with Crippen molar-refractivity contribution in [2.24, 2.45) is 0 Å². The number of ether oxygens (including phenoxy) is 2. The number of thiocarbonyl (C=S) groups is 1. The molecule has 5 heteroatoms. The van der Waals surface area contributed by atoms with Crippen LogP contribution in [-0.2, 0) is 0 Å². The third-order valence-corrected chi connectivity index (χ3v) is 4.21. The van der Waals surface area contributed by atoms with Gasteiger partial charge in [0.1, 0.15) is 11.5 Å². The van der Waals surface area contributed by atoms with Crippen LogP contribution in [-0.4, -0.2) is 19.3 Å². The minimum Gasteiger partial charge on any atom is -0.497 e. The number of benzene rings is 2. The number of hydrogen-bond acceptors (Lipinski definition) is 3. The summed E-state index contributed by atoms with van der Waals surface area (Å²) in [7, 11) is 3.24. The number of methoxy groups -OCH3 is 2. The molecule has 0 amide bonds. The van der Waals surface area contributed by atoms with Crippen LogP contribution in [0.3, 0.4) is 0 Å². The van der Waals surface area contributed by atoms with E-state index in [1.54, 1.807) is 14.2 Å². The zero-order chi connectivity index (χ0) is 17.5. The first-order valence-corrected chi connectivity index (χ1v) is 8.38. The van der Waals surface area contributed by atoms with Gasteiger partial charge in [0.25, 0.3) is 0 Å². The van der Waals surface area contributed by atoms with Gasteiger partial charge in [-0.3, -0.25) is 0 Å². The summed E-state index contributed by atoms with van der Waals surface area (Å²) in [6, 6.07) is 13.8. The molecule has 24 heavy (non-hydrogen) atoms. The van der Waals surface area contributed by atoms with Crippen molar-refractivity contribution in [3.8, 4) is 11.5 Å². The van der Waals surface area contributed by atoms with E-state index in [0.717, 1.165) is 23.5 Å². The van der Waals surface area contributed by atoms with E-state index in [2.05, 4.69) is 36.6 Å². The molecule has 1 atom stereocenters. The summed E-state index contributed by atoms with van der Waals surface area (Å²) in [5, 5.41) is 7.00. The molecule has 0 aliphatic heterocycles. The molecule has 0 bridgehead atoms.